The Hall–Kier alpha value is -2.42. The van der Waals surface area contributed by atoms with Crippen molar-refractivity contribution in [3.63, 3.8) is 0 Å². The summed E-state index contributed by atoms with van der Waals surface area (Å²) in [5.74, 6) is -0.938. The molecule has 1 aromatic heterocycles. The van der Waals surface area contributed by atoms with Crippen molar-refractivity contribution < 1.29 is 9.90 Å². The average Bonchev–Trinajstić information content (AvgIpc) is 2.57. The molecule has 0 fully saturated rings. The second-order valence-electron chi connectivity index (χ2n) is 3.89. The lowest BCUT2D eigenvalue weighted by Crippen LogP contribution is -1.93. The molecular formula is C14H9NO2. The average molecular weight is 223 g/mol. The standard InChI is InChI=1S/C14H9NO2/c16-14(17)12-8-15-13-7-10-5-3-1-2-4-9(10)6-11(12)13/h1-8H,(H,16,17). The van der Waals surface area contributed by atoms with Gasteiger partial charge in [-0.05, 0) is 22.9 Å². The van der Waals surface area contributed by atoms with Gasteiger partial charge in [0.05, 0.1) is 11.1 Å². The van der Waals surface area contributed by atoms with Crippen molar-refractivity contribution in [2.45, 2.75) is 0 Å². The van der Waals surface area contributed by atoms with Crippen LogP contribution >= 0.6 is 0 Å². The third-order valence-corrected chi connectivity index (χ3v) is 2.83. The molecule has 0 atom stereocenters. The van der Waals surface area contributed by atoms with E-state index in [2.05, 4.69) is 4.98 Å². The highest BCUT2D eigenvalue weighted by atomic mass is 16.4. The predicted molar refractivity (Wildman–Crippen MR) is 66.2 cm³/mol. The molecule has 3 nitrogen and oxygen atoms in total. The van der Waals surface area contributed by atoms with Gasteiger partial charge in [0.1, 0.15) is 0 Å². The quantitative estimate of drug-likeness (QED) is 0.689. The van der Waals surface area contributed by atoms with Gasteiger partial charge in [-0.2, -0.15) is 0 Å². The molecule has 0 bridgehead atoms. The number of hydrogen-bond donors (Lipinski definition) is 1. The van der Waals surface area contributed by atoms with Crippen molar-refractivity contribution >= 4 is 27.6 Å². The van der Waals surface area contributed by atoms with Gasteiger partial charge in [-0.1, -0.05) is 30.3 Å². The SMILES string of the molecule is O=C(O)c1cnc2cc3cccccc3cc12. The smallest absolute Gasteiger partial charge is 0.337 e. The van der Waals surface area contributed by atoms with Crippen LogP contribution in [0, 0.1) is 0 Å². The number of fused-ring (bicyclic) bond motifs is 2. The maximum atomic E-state index is 11.0. The first-order valence-electron chi connectivity index (χ1n) is 5.26. The molecular weight excluding hydrogens is 214 g/mol. The van der Waals surface area contributed by atoms with E-state index in [1.807, 2.05) is 42.5 Å². The van der Waals surface area contributed by atoms with E-state index in [9.17, 15) is 4.79 Å². The Bertz CT molecular complexity index is 734. The monoisotopic (exact) mass is 223 g/mol. The van der Waals surface area contributed by atoms with Gasteiger partial charge in [-0.25, -0.2) is 4.79 Å². The molecule has 3 rings (SSSR count). The van der Waals surface area contributed by atoms with E-state index in [0.717, 1.165) is 16.3 Å². The molecule has 0 aliphatic heterocycles. The summed E-state index contributed by atoms with van der Waals surface area (Å²) in [6, 6.07) is 13.6. The number of aromatic carboxylic acids is 1. The van der Waals surface area contributed by atoms with E-state index in [1.54, 1.807) is 0 Å². The maximum Gasteiger partial charge on any atom is 0.337 e. The van der Waals surface area contributed by atoms with Gasteiger partial charge < -0.3 is 5.11 Å². The zero-order valence-electron chi connectivity index (χ0n) is 8.92. The van der Waals surface area contributed by atoms with Crippen LogP contribution in [0.5, 0.6) is 0 Å². The summed E-state index contributed by atoms with van der Waals surface area (Å²) in [5.41, 5.74) is 0.981. The van der Waals surface area contributed by atoms with Gasteiger partial charge in [0, 0.05) is 11.6 Å². The summed E-state index contributed by atoms with van der Waals surface area (Å²) in [4.78, 5) is 15.2. The molecule has 2 aromatic carbocycles. The number of aromatic nitrogens is 1. The summed E-state index contributed by atoms with van der Waals surface area (Å²) < 4.78 is 0. The number of benzene rings is 1. The molecule has 3 aromatic rings. The third kappa shape index (κ3) is 1.52. The summed E-state index contributed by atoms with van der Waals surface area (Å²) in [6.45, 7) is 0. The van der Waals surface area contributed by atoms with Crippen molar-refractivity contribution in [3.8, 4) is 0 Å². The molecule has 17 heavy (non-hydrogen) atoms. The maximum absolute atomic E-state index is 11.0. The van der Waals surface area contributed by atoms with E-state index in [4.69, 9.17) is 5.11 Å². The van der Waals surface area contributed by atoms with Crippen LogP contribution in [0.25, 0.3) is 21.7 Å². The van der Waals surface area contributed by atoms with Crippen LogP contribution in [0.1, 0.15) is 10.4 Å². The van der Waals surface area contributed by atoms with Gasteiger partial charge in [-0.15, -0.1) is 0 Å². The van der Waals surface area contributed by atoms with Crippen molar-refractivity contribution in [2.24, 2.45) is 0 Å². The van der Waals surface area contributed by atoms with E-state index in [1.165, 1.54) is 6.20 Å². The molecule has 0 aliphatic carbocycles. The fourth-order valence-electron chi connectivity index (χ4n) is 1.99. The van der Waals surface area contributed by atoms with Gasteiger partial charge in [0.2, 0.25) is 0 Å². The summed E-state index contributed by atoms with van der Waals surface area (Å²) in [5, 5.41) is 11.8. The Morgan fingerprint density at radius 1 is 1.06 bits per heavy atom. The minimum atomic E-state index is -0.938. The van der Waals surface area contributed by atoms with E-state index in [0.29, 0.717) is 5.39 Å². The van der Waals surface area contributed by atoms with Crippen LogP contribution in [0.4, 0.5) is 0 Å². The zero-order valence-corrected chi connectivity index (χ0v) is 8.92. The minimum absolute atomic E-state index is 0.258. The Balaban J connectivity index is 2.45. The molecule has 0 spiro atoms. The first-order chi connectivity index (χ1) is 8.25. The second-order valence-corrected chi connectivity index (χ2v) is 3.89. The Labute approximate surface area is 97.3 Å². The van der Waals surface area contributed by atoms with Crippen LogP contribution in [0.2, 0.25) is 0 Å². The Morgan fingerprint density at radius 3 is 2.47 bits per heavy atom. The normalized spacial score (nSPS) is 10.8. The largest absolute Gasteiger partial charge is 0.478 e. The fraction of sp³-hybridized carbons (Fsp3) is 0. The summed E-state index contributed by atoms with van der Waals surface area (Å²) in [6.07, 6.45) is 1.41. The number of rotatable bonds is 1. The minimum Gasteiger partial charge on any atom is -0.478 e. The predicted octanol–water partition coefficient (Wildman–Crippen LogP) is 3.09. The highest BCUT2D eigenvalue weighted by molar-refractivity contribution is 6.07. The van der Waals surface area contributed by atoms with Crippen molar-refractivity contribution in [3.05, 3.63) is 54.2 Å². The molecule has 0 saturated heterocycles. The van der Waals surface area contributed by atoms with Crippen LogP contribution < -0.4 is 0 Å². The molecule has 1 N–H and O–H groups in total. The van der Waals surface area contributed by atoms with Crippen LogP contribution in [0.15, 0.2) is 48.7 Å². The molecule has 0 amide bonds. The van der Waals surface area contributed by atoms with Crippen LogP contribution in [0.3, 0.4) is 0 Å². The van der Waals surface area contributed by atoms with Gasteiger partial charge in [0.15, 0.2) is 0 Å². The van der Waals surface area contributed by atoms with E-state index in [-0.39, 0.29) is 5.56 Å². The van der Waals surface area contributed by atoms with Gasteiger partial charge in [0.25, 0.3) is 0 Å². The lowest BCUT2D eigenvalue weighted by Gasteiger charge is -1.95. The van der Waals surface area contributed by atoms with Gasteiger partial charge in [-0.3, -0.25) is 4.98 Å². The highest BCUT2D eigenvalue weighted by Gasteiger charge is 2.11. The van der Waals surface area contributed by atoms with E-state index >= 15 is 0 Å². The van der Waals surface area contributed by atoms with Crippen molar-refractivity contribution in [1.29, 1.82) is 0 Å². The fourth-order valence-corrected chi connectivity index (χ4v) is 1.99. The summed E-state index contributed by atoms with van der Waals surface area (Å²) >= 11 is 0. The number of carboxylic acids is 1. The molecule has 0 unspecified atom stereocenters. The van der Waals surface area contributed by atoms with Gasteiger partial charge >= 0.3 is 5.97 Å². The molecule has 0 aliphatic rings. The molecule has 0 radical (unpaired) electrons. The zero-order chi connectivity index (χ0) is 11.8. The number of nitrogens with zero attached hydrogens (tertiary/aromatic N) is 1. The third-order valence-electron chi connectivity index (χ3n) is 2.83. The molecule has 3 heteroatoms. The van der Waals surface area contributed by atoms with E-state index < -0.39 is 5.97 Å². The lowest BCUT2D eigenvalue weighted by atomic mass is 10.1. The number of carbonyl (C=O) groups is 1. The molecule has 82 valence electrons. The Kier molecular flexibility index (Phi) is 2.05. The number of carboxylic acid groups (broad SMARTS) is 1. The van der Waals surface area contributed by atoms with Crippen molar-refractivity contribution in [1.82, 2.24) is 4.98 Å². The van der Waals surface area contributed by atoms with Crippen molar-refractivity contribution in [2.75, 3.05) is 0 Å². The van der Waals surface area contributed by atoms with Crippen LogP contribution in [-0.4, -0.2) is 16.1 Å². The topological polar surface area (TPSA) is 50.2 Å². The highest BCUT2D eigenvalue weighted by Crippen LogP contribution is 2.24. The Morgan fingerprint density at radius 2 is 1.76 bits per heavy atom. The number of hydrogen-bond acceptors (Lipinski definition) is 2. The lowest BCUT2D eigenvalue weighted by molar-refractivity contribution is 0.0699. The second kappa shape index (κ2) is 3.56. The first-order valence-corrected chi connectivity index (χ1v) is 5.26. The summed E-state index contributed by atoms with van der Waals surface area (Å²) in [7, 11) is 0. The molecule has 0 saturated carbocycles. The van der Waals surface area contributed by atoms with Crippen LogP contribution in [-0.2, 0) is 0 Å². The first kappa shape index (κ1) is 9.78. The molecule has 1 heterocycles.